The maximum Gasteiger partial charge on any atom is 0.315 e. The highest BCUT2D eigenvalue weighted by Crippen LogP contribution is 2.33. The molecule has 4 heterocycles. The lowest BCUT2D eigenvalue weighted by Crippen LogP contribution is -2.30. The number of anilines is 1. The Kier molecular flexibility index (Phi) is 6.89. The van der Waals surface area contributed by atoms with Gasteiger partial charge in [-0.05, 0) is 36.1 Å². The number of benzene rings is 1. The van der Waals surface area contributed by atoms with E-state index in [1.165, 1.54) is 10.6 Å². The zero-order valence-electron chi connectivity index (χ0n) is 22.5. The monoisotopic (exact) mass is 552 g/mol. The van der Waals surface area contributed by atoms with Crippen LogP contribution in [0.4, 0.5) is 5.82 Å². The lowest BCUT2D eigenvalue weighted by Gasteiger charge is -2.15. The highest BCUT2D eigenvalue weighted by atomic mass is 32.2. The number of carbonyl (C=O) groups is 1. The summed E-state index contributed by atoms with van der Waals surface area (Å²) in [5.41, 5.74) is 3.10. The fourth-order valence-electron chi connectivity index (χ4n) is 4.55. The number of aromatic nitrogens is 5. The smallest absolute Gasteiger partial charge is 0.315 e. The Hall–Kier alpha value is -3.84. The van der Waals surface area contributed by atoms with E-state index < -0.39 is 15.9 Å². The molecule has 1 saturated heterocycles. The van der Waals surface area contributed by atoms with Gasteiger partial charge >= 0.3 is 11.8 Å². The van der Waals surface area contributed by atoms with E-state index in [1.807, 2.05) is 58.0 Å². The second kappa shape index (κ2) is 10.0. The van der Waals surface area contributed by atoms with Crippen molar-refractivity contribution in [2.45, 2.75) is 51.6 Å². The Balaban J connectivity index is 1.32. The van der Waals surface area contributed by atoms with Crippen molar-refractivity contribution in [1.82, 2.24) is 34.9 Å². The van der Waals surface area contributed by atoms with Crippen LogP contribution in [0.1, 0.15) is 62.2 Å². The molecule has 0 saturated carbocycles. The number of sulfonamides is 1. The molecule has 0 aliphatic carbocycles. The van der Waals surface area contributed by atoms with Crippen LogP contribution >= 0.6 is 0 Å². The third kappa shape index (κ3) is 5.64. The van der Waals surface area contributed by atoms with Crippen LogP contribution in [0.2, 0.25) is 0 Å². The van der Waals surface area contributed by atoms with E-state index in [0.717, 1.165) is 22.1 Å². The molecule has 0 bridgehead atoms. The van der Waals surface area contributed by atoms with Gasteiger partial charge in [-0.1, -0.05) is 50.2 Å². The first-order valence-corrected chi connectivity index (χ1v) is 14.5. The van der Waals surface area contributed by atoms with Crippen molar-refractivity contribution in [3.05, 3.63) is 53.8 Å². The topological polar surface area (TPSA) is 159 Å². The molecule has 4 aromatic rings. The fourth-order valence-corrected chi connectivity index (χ4v) is 5.44. The number of nitrogens with zero attached hydrogens (tertiary/aromatic N) is 5. The summed E-state index contributed by atoms with van der Waals surface area (Å²) >= 11 is 0. The zero-order chi connectivity index (χ0) is 27.9. The first kappa shape index (κ1) is 26.8. The van der Waals surface area contributed by atoms with Crippen molar-refractivity contribution >= 4 is 32.8 Å². The van der Waals surface area contributed by atoms with Gasteiger partial charge in [-0.2, -0.15) is 10.1 Å². The summed E-state index contributed by atoms with van der Waals surface area (Å²) in [6.45, 7) is 8.60. The van der Waals surface area contributed by atoms with Crippen molar-refractivity contribution in [2.75, 3.05) is 24.7 Å². The molecule has 5 rings (SSSR count). The molecule has 3 aromatic heterocycles. The van der Waals surface area contributed by atoms with Gasteiger partial charge in [0.15, 0.2) is 17.3 Å². The predicted octanol–water partition coefficient (Wildman–Crippen LogP) is 3.24. The Morgan fingerprint density at radius 1 is 1.21 bits per heavy atom. The molecule has 2 unspecified atom stereocenters. The summed E-state index contributed by atoms with van der Waals surface area (Å²) < 4.78 is 30.4. The van der Waals surface area contributed by atoms with Crippen LogP contribution in [0, 0.1) is 0 Å². The standard InChI is InChI=1S/C26H32N8O4S/c1-15(28-23(35)24-30-25(33-38-24)26(2,3)4)16-6-8-17(9-7-16)19-10-12-27-21-20(19)22(32-31-21)29-18-11-13-34(14-18)39(5,36)37/h6-10,12,15,18H,11,13-14H2,1-5H3,(H,28,35)(H2,27,29,31,32). The molecule has 13 heteroatoms. The molecule has 1 aliphatic heterocycles. The van der Waals surface area contributed by atoms with Crippen LogP contribution in [0.5, 0.6) is 0 Å². The summed E-state index contributed by atoms with van der Waals surface area (Å²) in [7, 11) is -3.23. The minimum atomic E-state index is -3.23. The number of aromatic amines is 1. The lowest BCUT2D eigenvalue weighted by molar-refractivity contribution is 0.0895. The lowest BCUT2D eigenvalue weighted by atomic mass is 9.96. The number of hydrogen-bond acceptors (Lipinski definition) is 9. The Labute approximate surface area is 226 Å². The number of hydrogen-bond donors (Lipinski definition) is 3. The second-order valence-electron chi connectivity index (χ2n) is 10.9. The first-order chi connectivity index (χ1) is 18.4. The molecular formula is C26H32N8O4S. The number of nitrogens with one attached hydrogen (secondary N) is 3. The van der Waals surface area contributed by atoms with Crippen LogP contribution in [0.25, 0.3) is 22.2 Å². The molecule has 2 atom stereocenters. The number of pyridine rings is 1. The second-order valence-corrected chi connectivity index (χ2v) is 12.9. The number of rotatable bonds is 7. The van der Waals surface area contributed by atoms with Gasteiger partial charge in [-0.25, -0.2) is 17.7 Å². The van der Waals surface area contributed by atoms with Crippen LogP contribution in [0.15, 0.2) is 41.1 Å². The maximum absolute atomic E-state index is 12.7. The third-order valence-corrected chi connectivity index (χ3v) is 8.05. The van der Waals surface area contributed by atoms with Crippen LogP contribution in [-0.2, 0) is 15.4 Å². The SMILES string of the molecule is CC(NC(=O)c1nc(C(C)(C)C)no1)c1ccc(-c2ccnc3[nH]nc(NC4CCN(S(C)(=O)=O)C4)c23)cc1. The van der Waals surface area contributed by atoms with Gasteiger partial charge in [0.2, 0.25) is 10.0 Å². The molecule has 0 radical (unpaired) electrons. The van der Waals surface area contributed by atoms with Crippen molar-refractivity contribution in [3.8, 4) is 11.1 Å². The number of amides is 1. The predicted molar refractivity (Wildman–Crippen MR) is 147 cm³/mol. The van der Waals surface area contributed by atoms with Crippen LogP contribution in [0.3, 0.4) is 0 Å². The minimum Gasteiger partial charge on any atom is -0.364 e. The number of carbonyl (C=O) groups excluding carboxylic acids is 1. The summed E-state index contributed by atoms with van der Waals surface area (Å²) in [6, 6.07) is 9.45. The Morgan fingerprint density at radius 3 is 2.59 bits per heavy atom. The van der Waals surface area contributed by atoms with E-state index in [4.69, 9.17) is 4.52 Å². The summed E-state index contributed by atoms with van der Waals surface area (Å²) in [5.74, 6) is 0.611. The van der Waals surface area contributed by atoms with Gasteiger partial charge in [0.05, 0.1) is 17.7 Å². The van der Waals surface area contributed by atoms with Gasteiger partial charge in [-0.3, -0.25) is 9.89 Å². The Bertz CT molecular complexity index is 1600. The maximum atomic E-state index is 12.7. The average molecular weight is 553 g/mol. The van der Waals surface area contributed by atoms with Crippen LogP contribution < -0.4 is 10.6 Å². The fraction of sp³-hybridized carbons (Fsp3) is 0.423. The summed E-state index contributed by atoms with van der Waals surface area (Å²) in [4.78, 5) is 21.3. The molecular weight excluding hydrogens is 520 g/mol. The molecule has 1 aromatic carbocycles. The average Bonchev–Trinajstić information content (AvgIpc) is 3.64. The van der Waals surface area contributed by atoms with E-state index in [2.05, 4.69) is 36.0 Å². The van der Waals surface area contributed by atoms with Crippen LogP contribution in [-0.4, -0.2) is 69.3 Å². The van der Waals surface area contributed by atoms with E-state index in [0.29, 0.717) is 36.8 Å². The molecule has 12 nitrogen and oxygen atoms in total. The van der Waals surface area contributed by atoms with E-state index >= 15 is 0 Å². The van der Waals surface area contributed by atoms with E-state index in [1.54, 1.807) is 6.20 Å². The first-order valence-electron chi connectivity index (χ1n) is 12.7. The van der Waals surface area contributed by atoms with Gasteiger partial charge in [-0.15, -0.1) is 0 Å². The highest BCUT2D eigenvalue weighted by Gasteiger charge is 2.29. The summed E-state index contributed by atoms with van der Waals surface area (Å²) in [6.07, 6.45) is 3.63. The molecule has 1 amide bonds. The minimum absolute atomic E-state index is 0.0514. The molecule has 1 aliphatic rings. The largest absolute Gasteiger partial charge is 0.364 e. The summed E-state index contributed by atoms with van der Waals surface area (Å²) in [5, 5.41) is 18.4. The van der Waals surface area contributed by atoms with E-state index in [-0.39, 0.29) is 23.4 Å². The van der Waals surface area contributed by atoms with Crippen molar-refractivity contribution < 1.29 is 17.7 Å². The van der Waals surface area contributed by atoms with Crippen molar-refractivity contribution in [1.29, 1.82) is 0 Å². The third-order valence-electron chi connectivity index (χ3n) is 6.78. The zero-order valence-corrected chi connectivity index (χ0v) is 23.3. The molecule has 1 fully saturated rings. The van der Waals surface area contributed by atoms with Gasteiger partial charge in [0.1, 0.15) is 0 Å². The van der Waals surface area contributed by atoms with Crippen molar-refractivity contribution in [2.24, 2.45) is 0 Å². The van der Waals surface area contributed by atoms with E-state index in [9.17, 15) is 13.2 Å². The number of fused-ring (bicyclic) bond motifs is 1. The molecule has 39 heavy (non-hydrogen) atoms. The van der Waals surface area contributed by atoms with Gasteiger partial charge < -0.3 is 15.2 Å². The Morgan fingerprint density at radius 2 is 1.95 bits per heavy atom. The highest BCUT2D eigenvalue weighted by molar-refractivity contribution is 7.88. The molecule has 3 N–H and O–H groups in total. The van der Waals surface area contributed by atoms with Gasteiger partial charge in [0.25, 0.3) is 0 Å². The quantitative estimate of drug-likeness (QED) is 0.313. The van der Waals surface area contributed by atoms with Gasteiger partial charge in [0, 0.05) is 30.7 Å². The van der Waals surface area contributed by atoms with Crippen molar-refractivity contribution in [3.63, 3.8) is 0 Å². The number of H-pyrrole nitrogens is 1. The normalized spacial score (nSPS) is 17.4. The molecule has 0 spiro atoms. The molecule has 206 valence electrons.